The molecule has 122 valence electrons. The summed E-state index contributed by atoms with van der Waals surface area (Å²) in [7, 11) is 0. The number of anilines is 1. The van der Waals surface area contributed by atoms with Crippen molar-refractivity contribution in [1.82, 2.24) is 4.90 Å². The van der Waals surface area contributed by atoms with E-state index >= 15 is 0 Å². The Morgan fingerprint density at radius 2 is 1.82 bits per heavy atom. The minimum absolute atomic E-state index is 0.515. The van der Waals surface area contributed by atoms with E-state index in [9.17, 15) is 0 Å². The average Bonchev–Trinajstić information content (AvgIpc) is 3.06. The van der Waals surface area contributed by atoms with Crippen molar-refractivity contribution in [2.45, 2.75) is 45.6 Å². The van der Waals surface area contributed by atoms with Gasteiger partial charge in [0, 0.05) is 11.7 Å². The molecule has 0 radical (unpaired) electrons. The predicted octanol–water partition coefficient (Wildman–Crippen LogP) is 3.31. The molecular weight excluding hydrogens is 272 g/mol. The van der Waals surface area contributed by atoms with Crippen LogP contribution in [0.25, 0.3) is 0 Å². The molecule has 4 heteroatoms. The lowest BCUT2D eigenvalue weighted by atomic mass is 9.93. The molecule has 1 atom stereocenters. The SMILES string of the molecule is CCC(CC)C(CN=C(N)Nc1ccccc1)N1CCCC1. The van der Waals surface area contributed by atoms with E-state index in [2.05, 4.69) is 29.1 Å². The average molecular weight is 302 g/mol. The molecule has 22 heavy (non-hydrogen) atoms. The topological polar surface area (TPSA) is 53.6 Å². The van der Waals surface area contributed by atoms with Gasteiger partial charge in [-0.1, -0.05) is 44.9 Å². The van der Waals surface area contributed by atoms with Crippen LogP contribution in [0.2, 0.25) is 0 Å². The van der Waals surface area contributed by atoms with Crippen LogP contribution in [0.15, 0.2) is 35.3 Å². The summed E-state index contributed by atoms with van der Waals surface area (Å²) in [5, 5.41) is 3.17. The molecule has 1 saturated heterocycles. The second-order valence-corrected chi connectivity index (χ2v) is 6.10. The molecule has 1 fully saturated rings. The molecule has 1 aromatic rings. The molecule has 1 aliphatic rings. The fourth-order valence-electron chi connectivity index (χ4n) is 3.37. The van der Waals surface area contributed by atoms with Crippen LogP contribution in [0.3, 0.4) is 0 Å². The Hall–Kier alpha value is -1.55. The van der Waals surface area contributed by atoms with E-state index in [1.807, 2.05) is 30.3 Å². The van der Waals surface area contributed by atoms with E-state index < -0.39 is 0 Å². The molecule has 0 amide bonds. The summed E-state index contributed by atoms with van der Waals surface area (Å²) in [5.74, 6) is 1.22. The molecule has 0 aromatic heterocycles. The summed E-state index contributed by atoms with van der Waals surface area (Å²) in [4.78, 5) is 7.23. The number of hydrogen-bond acceptors (Lipinski definition) is 2. The zero-order chi connectivity index (χ0) is 15.8. The summed E-state index contributed by atoms with van der Waals surface area (Å²) in [6, 6.07) is 10.5. The van der Waals surface area contributed by atoms with Crippen molar-refractivity contribution >= 4 is 11.6 Å². The lowest BCUT2D eigenvalue weighted by Crippen LogP contribution is -2.41. The van der Waals surface area contributed by atoms with Crippen molar-refractivity contribution in [2.75, 3.05) is 25.0 Å². The molecule has 0 bridgehead atoms. The van der Waals surface area contributed by atoms with Gasteiger partial charge in [0.25, 0.3) is 0 Å². The second kappa shape index (κ2) is 8.79. The van der Waals surface area contributed by atoms with Crippen LogP contribution in [0.5, 0.6) is 0 Å². The zero-order valence-electron chi connectivity index (χ0n) is 14.0. The summed E-state index contributed by atoms with van der Waals surface area (Å²) in [6.45, 7) is 7.78. The monoisotopic (exact) mass is 302 g/mol. The Balaban J connectivity index is 1.98. The van der Waals surface area contributed by atoms with Crippen molar-refractivity contribution in [3.05, 3.63) is 30.3 Å². The van der Waals surface area contributed by atoms with Gasteiger partial charge < -0.3 is 11.1 Å². The molecule has 1 unspecified atom stereocenters. The number of para-hydroxylation sites is 1. The highest BCUT2D eigenvalue weighted by atomic mass is 15.2. The number of nitrogens with zero attached hydrogens (tertiary/aromatic N) is 2. The molecule has 3 N–H and O–H groups in total. The molecule has 1 aromatic carbocycles. The van der Waals surface area contributed by atoms with Crippen LogP contribution in [-0.2, 0) is 0 Å². The highest BCUT2D eigenvalue weighted by Crippen LogP contribution is 2.23. The fourth-order valence-corrected chi connectivity index (χ4v) is 3.37. The van der Waals surface area contributed by atoms with E-state index in [-0.39, 0.29) is 0 Å². The quantitative estimate of drug-likeness (QED) is 0.600. The number of hydrogen-bond donors (Lipinski definition) is 2. The molecular formula is C18H30N4. The number of guanidine groups is 1. The number of aliphatic imine (C=N–C) groups is 1. The third kappa shape index (κ3) is 4.73. The fraction of sp³-hybridized carbons (Fsp3) is 0.611. The van der Waals surface area contributed by atoms with E-state index in [1.54, 1.807) is 0 Å². The van der Waals surface area contributed by atoms with E-state index in [4.69, 9.17) is 5.73 Å². The Kier molecular flexibility index (Phi) is 6.72. The molecule has 1 heterocycles. The summed E-state index contributed by atoms with van der Waals surface area (Å²) in [5.41, 5.74) is 7.05. The van der Waals surface area contributed by atoms with Gasteiger partial charge in [-0.15, -0.1) is 0 Å². The number of likely N-dealkylation sites (tertiary alicyclic amines) is 1. The largest absolute Gasteiger partial charge is 0.370 e. The maximum atomic E-state index is 6.06. The third-order valence-corrected chi connectivity index (χ3v) is 4.70. The van der Waals surface area contributed by atoms with Gasteiger partial charge in [0.2, 0.25) is 0 Å². The van der Waals surface area contributed by atoms with E-state index in [1.165, 1.54) is 38.8 Å². The van der Waals surface area contributed by atoms with Gasteiger partial charge in [0.05, 0.1) is 6.54 Å². The minimum atomic E-state index is 0.515. The first kappa shape index (κ1) is 16.8. The van der Waals surface area contributed by atoms with Crippen LogP contribution in [0.4, 0.5) is 5.69 Å². The minimum Gasteiger partial charge on any atom is -0.370 e. The van der Waals surface area contributed by atoms with Crippen molar-refractivity contribution < 1.29 is 0 Å². The van der Waals surface area contributed by atoms with Crippen molar-refractivity contribution in [2.24, 2.45) is 16.6 Å². The van der Waals surface area contributed by atoms with Gasteiger partial charge in [-0.2, -0.15) is 0 Å². The molecule has 1 aliphatic heterocycles. The Labute approximate surface area is 134 Å². The first-order valence-corrected chi connectivity index (χ1v) is 8.60. The molecule has 4 nitrogen and oxygen atoms in total. The molecule has 0 aliphatic carbocycles. The first-order chi connectivity index (χ1) is 10.7. The lowest BCUT2D eigenvalue weighted by molar-refractivity contribution is 0.172. The highest BCUT2D eigenvalue weighted by molar-refractivity contribution is 5.92. The molecule has 2 rings (SSSR count). The van der Waals surface area contributed by atoms with Gasteiger partial charge in [-0.3, -0.25) is 9.89 Å². The van der Waals surface area contributed by atoms with Crippen LogP contribution >= 0.6 is 0 Å². The van der Waals surface area contributed by atoms with Crippen LogP contribution in [0.1, 0.15) is 39.5 Å². The Bertz CT molecular complexity index is 445. The predicted molar refractivity (Wildman–Crippen MR) is 95.2 cm³/mol. The number of rotatable bonds is 7. The summed E-state index contributed by atoms with van der Waals surface area (Å²) in [6.07, 6.45) is 5.05. The van der Waals surface area contributed by atoms with Crippen LogP contribution < -0.4 is 11.1 Å². The standard InChI is InChI=1S/C18H30N4/c1-3-15(4-2)17(22-12-8-9-13-22)14-20-18(19)21-16-10-6-5-7-11-16/h5-7,10-11,15,17H,3-4,8-9,12-14H2,1-2H3,(H3,19,20,21). The summed E-state index contributed by atoms with van der Waals surface area (Å²) >= 11 is 0. The van der Waals surface area contributed by atoms with Crippen LogP contribution in [0, 0.1) is 5.92 Å². The van der Waals surface area contributed by atoms with Gasteiger partial charge >= 0.3 is 0 Å². The lowest BCUT2D eigenvalue weighted by Gasteiger charge is -2.32. The van der Waals surface area contributed by atoms with Gasteiger partial charge in [-0.05, 0) is 44.0 Å². The van der Waals surface area contributed by atoms with Gasteiger partial charge in [0.15, 0.2) is 5.96 Å². The number of nitrogens with two attached hydrogens (primary N) is 1. The van der Waals surface area contributed by atoms with E-state index in [0.29, 0.717) is 17.9 Å². The third-order valence-electron chi connectivity index (χ3n) is 4.70. The smallest absolute Gasteiger partial charge is 0.193 e. The zero-order valence-corrected chi connectivity index (χ0v) is 14.0. The van der Waals surface area contributed by atoms with E-state index in [0.717, 1.165) is 12.2 Å². The Morgan fingerprint density at radius 3 is 2.41 bits per heavy atom. The Morgan fingerprint density at radius 1 is 1.18 bits per heavy atom. The maximum absolute atomic E-state index is 6.06. The maximum Gasteiger partial charge on any atom is 0.193 e. The van der Waals surface area contributed by atoms with Crippen molar-refractivity contribution in [1.29, 1.82) is 0 Å². The van der Waals surface area contributed by atoms with Gasteiger partial charge in [-0.25, -0.2) is 0 Å². The molecule has 0 spiro atoms. The highest BCUT2D eigenvalue weighted by Gasteiger charge is 2.27. The molecule has 0 saturated carbocycles. The summed E-state index contributed by atoms with van der Waals surface area (Å²) < 4.78 is 0. The van der Waals surface area contributed by atoms with Crippen molar-refractivity contribution in [3.63, 3.8) is 0 Å². The normalized spacial score (nSPS) is 17.9. The van der Waals surface area contributed by atoms with Gasteiger partial charge in [0.1, 0.15) is 0 Å². The second-order valence-electron chi connectivity index (χ2n) is 6.10. The van der Waals surface area contributed by atoms with Crippen LogP contribution in [-0.4, -0.2) is 36.5 Å². The first-order valence-electron chi connectivity index (χ1n) is 8.60. The van der Waals surface area contributed by atoms with Crippen molar-refractivity contribution in [3.8, 4) is 0 Å². The number of nitrogens with one attached hydrogen (secondary N) is 1. The number of benzene rings is 1.